The molecule has 4 N–H and O–H groups in total. The monoisotopic (exact) mass is 418 g/mol. The van der Waals surface area contributed by atoms with Gasteiger partial charge in [0.25, 0.3) is 0 Å². The Morgan fingerprint density at radius 1 is 1.15 bits per heavy atom. The number of halogens is 1. The molecule has 0 saturated heterocycles. The van der Waals surface area contributed by atoms with Crippen molar-refractivity contribution in [2.24, 2.45) is 0 Å². The summed E-state index contributed by atoms with van der Waals surface area (Å²) in [5.74, 6) is 0. The maximum Gasteiger partial charge on any atom is 0.407 e. The highest BCUT2D eigenvalue weighted by molar-refractivity contribution is 9.10. The Kier molecular flexibility index (Phi) is 5.92. The first-order valence-corrected chi connectivity index (χ1v) is 8.91. The standard InChI is InChI=1S/C19H19BrN2O4/c20-14-7-4-8-15-17(14)13(9-21-15)18(24)16(23)10-22-19(25)26-11-12-5-2-1-3-6-12/h1-9,16,18,21,23-24H,10-11H2,(H,22,25). The van der Waals surface area contributed by atoms with Crippen LogP contribution in [0, 0.1) is 0 Å². The molecule has 0 bridgehead atoms. The van der Waals surface area contributed by atoms with E-state index in [4.69, 9.17) is 4.74 Å². The number of ether oxygens (including phenoxy) is 1. The summed E-state index contributed by atoms with van der Waals surface area (Å²) in [4.78, 5) is 14.8. The minimum Gasteiger partial charge on any atom is -0.445 e. The van der Waals surface area contributed by atoms with Crippen LogP contribution in [-0.2, 0) is 11.3 Å². The maximum atomic E-state index is 11.8. The molecule has 26 heavy (non-hydrogen) atoms. The van der Waals surface area contributed by atoms with Crippen molar-refractivity contribution < 1.29 is 19.7 Å². The lowest BCUT2D eigenvalue weighted by atomic mass is 10.0. The van der Waals surface area contributed by atoms with Crippen molar-refractivity contribution in [3.05, 3.63) is 70.3 Å². The van der Waals surface area contributed by atoms with Gasteiger partial charge in [-0.2, -0.15) is 0 Å². The van der Waals surface area contributed by atoms with E-state index >= 15 is 0 Å². The molecule has 136 valence electrons. The van der Waals surface area contributed by atoms with Crippen LogP contribution >= 0.6 is 15.9 Å². The van der Waals surface area contributed by atoms with Gasteiger partial charge < -0.3 is 25.3 Å². The van der Waals surface area contributed by atoms with Gasteiger partial charge in [-0.05, 0) is 17.7 Å². The van der Waals surface area contributed by atoms with Crippen LogP contribution in [0.25, 0.3) is 10.9 Å². The summed E-state index contributed by atoms with van der Waals surface area (Å²) in [7, 11) is 0. The average Bonchev–Trinajstić information content (AvgIpc) is 3.10. The second-order valence-electron chi connectivity index (χ2n) is 5.86. The van der Waals surface area contributed by atoms with Crippen LogP contribution < -0.4 is 5.32 Å². The zero-order chi connectivity index (χ0) is 18.5. The van der Waals surface area contributed by atoms with Crippen LogP contribution in [0.15, 0.2) is 59.2 Å². The van der Waals surface area contributed by atoms with Gasteiger partial charge in [0.15, 0.2) is 0 Å². The first kappa shape index (κ1) is 18.4. The molecule has 3 aromatic rings. The fourth-order valence-corrected chi connectivity index (χ4v) is 3.27. The first-order valence-electron chi connectivity index (χ1n) is 8.12. The zero-order valence-corrected chi connectivity index (χ0v) is 15.4. The number of aromatic amines is 1. The van der Waals surface area contributed by atoms with Crippen molar-refractivity contribution in [3.63, 3.8) is 0 Å². The van der Waals surface area contributed by atoms with E-state index in [0.717, 1.165) is 20.9 Å². The first-order chi connectivity index (χ1) is 12.6. The number of H-pyrrole nitrogens is 1. The SMILES string of the molecule is O=C(NCC(O)C(O)c1c[nH]c2cccc(Br)c12)OCc1ccccc1. The largest absolute Gasteiger partial charge is 0.445 e. The molecule has 0 aliphatic rings. The lowest BCUT2D eigenvalue weighted by Gasteiger charge is -2.18. The summed E-state index contributed by atoms with van der Waals surface area (Å²) in [6.45, 7) is 0.00658. The highest BCUT2D eigenvalue weighted by Gasteiger charge is 2.23. The molecule has 0 aliphatic carbocycles. The number of benzene rings is 2. The number of aromatic nitrogens is 1. The highest BCUT2D eigenvalue weighted by Crippen LogP contribution is 2.31. The summed E-state index contributed by atoms with van der Waals surface area (Å²) in [5.41, 5.74) is 2.27. The second kappa shape index (κ2) is 8.35. The van der Waals surface area contributed by atoms with Crippen molar-refractivity contribution in [2.45, 2.75) is 18.8 Å². The van der Waals surface area contributed by atoms with Gasteiger partial charge in [0.2, 0.25) is 0 Å². The molecular formula is C19H19BrN2O4. The number of nitrogens with one attached hydrogen (secondary N) is 2. The summed E-state index contributed by atoms with van der Waals surface area (Å²) in [6.07, 6.45) is -1.33. The molecule has 7 heteroatoms. The number of hydrogen-bond donors (Lipinski definition) is 4. The third kappa shape index (κ3) is 4.24. The number of carbonyl (C=O) groups excluding carboxylic acids is 1. The van der Waals surface area contributed by atoms with E-state index in [0.29, 0.717) is 5.56 Å². The molecule has 1 aromatic heterocycles. The third-order valence-corrected chi connectivity index (χ3v) is 4.70. The lowest BCUT2D eigenvalue weighted by molar-refractivity contribution is 0.0192. The van der Waals surface area contributed by atoms with Crippen molar-refractivity contribution in [1.29, 1.82) is 0 Å². The van der Waals surface area contributed by atoms with Crippen molar-refractivity contribution in [2.75, 3.05) is 6.54 Å². The quantitative estimate of drug-likeness (QED) is 0.494. The molecule has 6 nitrogen and oxygen atoms in total. The van der Waals surface area contributed by atoms with E-state index in [9.17, 15) is 15.0 Å². The number of hydrogen-bond acceptors (Lipinski definition) is 4. The smallest absolute Gasteiger partial charge is 0.407 e. The second-order valence-corrected chi connectivity index (χ2v) is 6.72. The van der Waals surface area contributed by atoms with E-state index in [1.54, 1.807) is 6.20 Å². The van der Waals surface area contributed by atoms with Gasteiger partial charge in [-0.1, -0.05) is 52.3 Å². The number of fused-ring (bicyclic) bond motifs is 1. The Balaban J connectivity index is 1.55. The fourth-order valence-electron chi connectivity index (χ4n) is 2.68. The molecular weight excluding hydrogens is 400 g/mol. The number of amides is 1. The molecule has 0 spiro atoms. The van der Waals surface area contributed by atoms with Gasteiger partial charge in [0.05, 0.1) is 0 Å². The van der Waals surface area contributed by atoms with E-state index in [1.807, 2.05) is 48.5 Å². The number of carbonyl (C=O) groups is 1. The molecule has 0 fully saturated rings. The Bertz CT molecular complexity index is 882. The number of aliphatic hydroxyl groups is 2. The molecule has 2 unspecified atom stereocenters. The molecule has 0 radical (unpaired) electrons. The molecule has 2 atom stereocenters. The lowest BCUT2D eigenvalue weighted by Crippen LogP contribution is -2.35. The minimum atomic E-state index is -1.18. The predicted molar refractivity (Wildman–Crippen MR) is 102 cm³/mol. The van der Waals surface area contributed by atoms with Crippen LogP contribution in [-0.4, -0.2) is 33.9 Å². The number of aliphatic hydroxyl groups excluding tert-OH is 2. The van der Waals surface area contributed by atoms with Gasteiger partial charge in [-0.25, -0.2) is 4.79 Å². The van der Waals surface area contributed by atoms with Crippen LogP contribution in [0.2, 0.25) is 0 Å². The van der Waals surface area contributed by atoms with Crippen LogP contribution in [0.5, 0.6) is 0 Å². The summed E-state index contributed by atoms with van der Waals surface area (Å²) in [6, 6.07) is 14.9. The van der Waals surface area contributed by atoms with Gasteiger partial charge in [0.1, 0.15) is 18.8 Å². The highest BCUT2D eigenvalue weighted by atomic mass is 79.9. The predicted octanol–water partition coefficient (Wildman–Crippen LogP) is 3.25. The van der Waals surface area contributed by atoms with Crippen LogP contribution in [0.1, 0.15) is 17.2 Å². The molecule has 1 amide bonds. The van der Waals surface area contributed by atoms with Gasteiger partial charge in [0, 0.05) is 33.7 Å². The molecule has 1 heterocycles. The molecule has 0 aliphatic heterocycles. The number of alkyl carbamates (subject to hydrolysis) is 1. The van der Waals surface area contributed by atoms with E-state index in [-0.39, 0.29) is 13.2 Å². The van der Waals surface area contributed by atoms with Crippen molar-refractivity contribution in [1.82, 2.24) is 10.3 Å². The molecule has 0 saturated carbocycles. The zero-order valence-electron chi connectivity index (χ0n) is 13.9. The van der Waals surface area contributed by atoms with Gasteiger partial charge >= 0.3 is 6.09 Å². The van der Waals surface area contributed by atoms with Crippen LogP contribution in [0.4, 0.5) is 4.79 Å². The van der Waals surface area contributed by atoms with Gasteiger partial charge in [-0.15, -0.1) is 0 Å². The Labute approximate surface area is 158 Å². The Morgan fingerprint density at radius 2 is 1.92 bits per heavy atom. The van der Waals surface area contributed by atoms with Crippen LogP contribution in [0.3, 0.4) is 0 Å². The molecule has 3 rings (SSSR count). The van der Waals surface area contributed by atoms with E-state index in [1.165, 1.54) is 0 Å². The minimum absolute atomic E-state index is 0.133. The fraction of sp³-hybridized carbons (Fsp3) is 0.211. The van der Waals surface area contributed by atoms with Gasteiger partial charge in [-0.3, -0.25) is 0 Å². The van der Waals surface area contributed by atoms with E-state index in [2.05, 4.69) is 26.2 Å². The Morgan fingerprint density at radius 3 is 2.69 bits per heavy atom. The van der Waals surface area contributed by atoms with E-state index < -0.39 is 18.3 Å². The van der Waals surface area contributed by atoms with Crippen molar-refractivity contribution in [3.8, 4) is 0 Å². The molecule has 2 aromatic carbocycles. The maximum absolute atomic E-state index is 11.8. The topological polar surface area (TPSA) is 94.6 Å². The third-order valence-electron chi connectivity index (χ3n) is 4.04. The normalized spacial score (nSPS) is 13.3. The Hall–Kier alpha value is -2.35. The summed E-state index contributed by atoms with van der Waals surface area (Å²) < 4.78 is 5.89. The summed E-state index contributed by atoms with van der Waals surface area (Å²) >= 11 is 3.45. The average molecular weight is 419 g/mol. The number of rotatable bonds is 6. The van der Waals surface area contributed by atoms with Crippen molar-refractivity contribution >= 4 is 32.9 Å². The summed E-state index contributed by atoms with van der Waals surface area (Å²) in [5, 5.41) is 23.9.